The van der Waals surface area contributed by atoms with Crippen molar-refractivity contribution in [3.8, 4) is 0 Å². The van der Waals surface area contributed by atoms with Crippen LogP contribution in [0.2, 0.25) is 5.02 Å². The third kappa shape index (κ3) is 5.38. The van der Waals surface area contributed by atoms with Crippen LogP contribution in [0.1, 0.15) is 47.0 Å². The number of anilines is 2. The number of imidazole rings is 1. The maximum atomic E-state index is 13.0. The second-order valence-corrected chi connectivity index (χ2v) is 11.8. The molecule has 0 bridgehead atoms. The highest BCUT2D eigenvalue weighted by atomic mass is 79.9. The standard InChI is InChI=1S/C31H30BrClN6O/c1-19-35-10-13-39(19)18-22-14-21-15-23(32)17-36-30(21)29(27-7-2-24(33)16-28(22)27)20-8-11-38(12-9-20)31(40)37-26-5-3-25(34)4-6-26/h2-7,10,13-17,20,29H,8-9,11-12,18,34H2,1H3,(H,37,40). The number of hydrogen-bond acceptors (Lipinski definition) is 4. The summed E-state index contributed by atoms with van der Waals surface area (Å²) >= 11 is 10.2. The number of nitrogen functional groups attached to an aromatic ring is 1. The number of piperidine rings is 1. The molecule has 1 saturated heterocycles. The van der Waals surface area contributed by atoms with E-state index in [1.807, 2.05) is 48.6 Å². The predicted molar refractivity (Wildman–Crippen MR) is 164 cm³/mol. The van der Waals surface area contributed by atoms with Gasteiger partial charge < -0.3 is 20.5 Å². The molecule has 9 heteroatoms. The number of likely N-dealkylation sites (tertiary alicyclic amines) is 1. The zero-order valence-electron chi connectivity index (χ0n) is 22.1. The monoisotopic (exact) mass is 616 g/mol. The van der Waals surface area contributed by atoms with Gasteiger partial charge in [0.25, 0.3) is 0 Å². The summed E-state index contributed by atoms with van der Waals surface area (Å²) in [4.78, 5) is 24.3. The van der Waals surface area contributed by atoms with E-state index < -0.39 is 0 Å². The number of benzene rings is 2. The first-order valence-corrected chi connectivity index (χ1v) is 14.6. The number of allylic oxidation sites excluding steroid dienone is 1. The van der Waals surface area contributed by atoms with Gasteiger partial charge in [-0.3, -0.25) is 4.98 Å². The molecular weight excluding hydrogens is 588 g/mol. The SMILES string of the molecule is Cc1nccn1CC1=Cc2cc(Br)cnc2C(C2CCN(C(=O)Nc3ccc(N)cc3)CC2)c2ccc(Cl)cc21. The van der Waals surface area contributed by atoms with Gasteiger partial charge in [-0.05, 0) is 112 Å². The summed E-state index contributed by atoms with van der Waals surface area (Å²) in [6.45, 7) is 4.04. The van der Waals surface area contributed by atoms with E-state index in [-0.39, 0.29) is 11.9 Å². The smallest absolute Gasteiger partial charge is 0.321 e. The molecule has 3 N–H and O–H groups in total. The summed E-state index contributed by atoms with van der Waals surface area (Å²) in [5, 5.41) is 3.71. The number of pyridine rings is 1. The number of aromatic nitrogens is 3. The molecule has 2 aromatic heterocycles. The molecule has 7 nitrogen and oxygen atoms in total. The fraction of sp³-hybridized carbons (Fsp3) is 0.258. The number of nitrogens with two attached hydrogens (primary N) is 1. The Morgan fingerprint density at radius 3 is 2.62 bits per heavy atom. The molecule has 40 heavy (non-hydrogen) atoms. The Labute approximate surface area is 247 Å². The molecule has 4 aromatic rings. The minimum Gasteiger partial charge on any atom is -0.399 e. The molecule has 2 aromatic carbocycles. The van der Waals surface area contributed by atoms with Gasteiger partial charge in [0.15, 0.2) is 0 Å². The fourth-order valence-electron chi connectivity index (χ4n) is 5.90. The minimum atomic E-state index is -0.0848. The van der Waals surface area contributed by atoms with Crippen molar-refractivity contribution < 1.29 is 4.79 Å². The molecule has 3 heterocycles. The van der Waals surface area contributed by atoms with Crippen LogP contribution in [0, 0.1) is 12.8 Å². The molecule has 1 aliphatic heterocycles. The van der Waals surface area contributed by atoms with Crippen LogP contribution in [0.3, 0.4) is 0 Å². The zero-order valence-corrected chi connectivity index (χ0v) is 24.5. The van der Waals surface area contributed by atoms with Crippen LogP contribution in [0.4, 0.5) is 16.2 Å². The summed E-state index contributed by atoms with van der Waals surface area (Å²) in [6.07, 6.45) is 9.71. The Morgan fingerprint density at radius 2 is 1.90 bits per heavy atom. The van der Waals surface area contributed by atoms with Gasteiger partial charge in [0, 0.05) is 65.0 Å². The maximum Gasteiger partial charge on any atom is 0.321 e. The molecule has 0 radical (unpaired) electrons. The van der Waals surface area contributed by atoms with E-state index in [0.29, 0.717) is 36.3 Å². The first-order chi connectivity index (χ1) is 19.4. The second kappa shape index (κ2) is 11.1. The van der Waals surface area contributed by atoms with Crippen molar-refractivity contribution in [1.82, 2.24) is 19.4 Å². The molecule has 1 unspecified atom stereocenters. The Kier molecular flexibility index (Phi) is 7.38. The minimum absolute atomic E-state index is 0.0790. The van der Waals surface area contributed by atoms with Gasteiger partial charge in [-0.25, -0.2) is 9.78 Å². The number of fused-ring (bicyclic) bond motifs is 2. The molecule has 2 aliphatic rings. The Bertz CT molecular complexity index is 1590. The highest BCUT2D eigenvalue weighted by Gasteiger charge is 2.35. The summed E-state index contributed by atoms with van der Waals surface area (Å²) in [5.41, 5.74) is 12.9. The lowest BCUT2D eigenvalue weighted by atomic mass is 9.76. The highest BCUT2D eigenvalue weighted by molar-refractivity contribution is 9.10. The average Bonchev–Trinajstić information content (AvgIpc) is 3.30. The van der Waals surface area contributed by atoms with Crippen molar-refractivity contribution in [2.24, 2.45) is 5.92 Å². The number of amides is 2. The zero-order chi connectivity index (χ0) is 27.8. The van der Waals surface area contributed by atoms with E-state index in [1.165, 1.54) is 11.1 Å². The third-order valence-electron chi connectivity index (χ3n) is 7.96. The van der Waals surface area contributed by atoms with Crippen LogP contribution < -0.4 is 11.1 Å². The number of halogens is 2. The van der Waals surface area contributed by atoms with Crippen molar-refractivity contribution in [1.29, 1.82) is 0 Å². The first-order valence-electron chi connectivity index (χ1n) is 13.4. The Balaban J connectivity index is 1.31. The van der Waals surface area contributed by atoms with Crippen LogP contribution in [-0.2, 0) is 6.54 Å². The van der Waals surface area contributed by atoms with Gasteiger partial charge >= 0.3 is 6.03 Å². The predicted octanol–water partition coefficient (Wildman–Crippen LogP) is 7.21. The molecule has 1 fully saturated rings. The average molecular weight is 618 g/mol. The molecular formula is C31H30BrClN6O. The van der Waals surface area contributed by atoms with Crippen molar-refractivity contribution in [2.75, 3.05) is 24.1 Å². The molecule has 1 atom stereocenters. The van der Waals surface area contributed by atoms with Crippen LogP contribution >= 0.6 is 27.5 Å². The lowest BCUT2D eigenvalue weighted by Gasteiger charge is -2.37. The maximum absolute atomic E-state index is 13.0. The summed E-state index contributed by atoms with van der Waals surface area (Å²) in [7, 11) is 0. The number of carbonyl (C=O) groups excluding carboxylic acids is 1. The van der Waals surface area contributed by atoms with Gasteiger partial charge in [-0.15, -0.1) is 0 Å². The summed E-state index contributed by atoms with van der Waals surface area (Å²) in [5.74, 6) is 1.36. The van der Waals surface area contributed by atoms with Crippen LogP contribution in [0.25, 0.3) is 11.6 Å². The van der Waals surface area contributed by atoms with Crippen molar-refractivity contribution in [2.45, 2.75) is 32.2 Å². The summed E-state index contributed by atoms with van der Waals surface area (Å²) < 4.78 is 3.10. The quantitative estimate of drug-likeness (QED) is 0.237. The molecule has 1 aliphatic carbocycles. The first kappa shape index (κ1) is 26.6. The van der Waals surface area contributed by atoms with E-state index in [0.717, 1.165) is 45.6 Å². The van der Waals surface area contributed by atoms with E-state index in [1.54, 1.807) is 12.1 Å². The molecule has 0 saturated carbocycles. The fourth-order valence-corrected chi connectivity index (χ4v) is 6.42. The molecule has 0 spiro atoms. The molecule has 6 rings (SSSR count). The van der Waals surface area contributed by atoms with E-state index in [2.05, 4.69) is 55.1 Å². The number of aryl methyl sites for hydroxylation is 1. The number of nitrogens with zero attached hydrogens (tertiary/aromatic N) is 4. The van der Waals surface area contributed by atoms with Gasteiger partial charge in [0.1, 0.15) is 5.82 Å². The molecule has 2 amide bonds. The topological polar surface area (TPSA) is 89.1 Å². The number of hydrogen-bond donors (Lipinski definition) is 2. The number of rotatable bonds is 4. The number of carbonyl (C=O) groups is 1. The lowest BCUT2D eigenvalue weighted by molar-refractivity contribution is 0.177. The summed E-state index contributed by atoms with van der Waals surface area (Å²) in [6, 6.07) is 15.5. The van der Waals surface area contributed by atoms with Gasteiger partial charge in [-0.2, -0.15) is 0 Å². The number of nitrogens with one attached hydrogen (secondary N) is 1. The second-order valence-electron chi connectivity index (χ2n) is 10.5. The van der Waals surface area contributed by atoms with Gasteiger partial charge in [0.2, 0.25) is 0 Å². The van der Waals surface area contributed by atoms with Crippen molar-refractivity contribution in [3.05, 3.63) is 105 Å². The Morgan fingerprint density at radius 1 is 1.12 bits per heavy atom. The van der Waals surface area contributed by atoms with Crippen LogP contribution in [0.15, 0.2) is 71.6 Å². The van der Waals surface area contributed by atoms with Crippen molar-refractivity contribution >= 4 is 56.6 Å². The third-order valence-corrected chi connectivity index (χ3v) is 8.63. The normalized spacial score (nSPS) is 17.0. The van der Waals surface area contributed by atoms with Gasteiger partial charge in [-0.1, -0.05) is 17.7 Å². The van der Waals surface area contributed by atoms with Crippen LogP contribution in [0.5, 0.6) is 0 Å². The largest absolute Gasteiger partial charge is 0.399 e. The molecule has 204 valence electrons. The highest BCUT2D eigenvalue weighted by Crippen LogP contribution is 2.45. The lowest BCUT2D eigenvalue weighted by Crippen LogP contribution is -2.42. The van der Waals surface area contributed by atoms with Gasteiger partial charge in [0.05, 0.1) is 5.69 Å². The van der Waals surface area contributed by atoms with Crippen molar-refractivity contribution in [3.63, 3.8) is 0 Å². The van der Waals surface area contributed by atoms with Crippen LogP contribution in [-0.4, -0.2) is 38.6 Å². The van der Waals surface area contributed by atoms with E-state index in [9.17, 15) is 4.79 Å². The number of urea groups is 1. The Hall–Kier alpha value is -3.62. The van der Waals surface area contributed by atoms with E-state index in [4.69, 9.17) is 22.3 Å². The van der Waals surface area contributed by atoms with E-state index >= 15 is 0 Å².